The van der Waals surface area contributed by atoms with Gasteiger partial charge in [-0.15, -0.1) is 0 Å². The summed E-state index contributed by atoms with van der Waals surface area (Å²) in [6, 6.07) is 13.1. The Morgan fingerprint density at radius 3 is 2.42 bits per heavy atom. The third kappa shape index (κ3) is 4.62. The van der Waals surface area contributed by atoms with Gasteiger partial charge in [0.15, 0.2) is 0 Å². The highest BCUT2D eigenvalue weighted by Gasteiger charge is 2.15. The zero-order chi connectivity index (χ0) is 23.5. The average Bonchev–Trinajstić information content (AvgIpc) is 3.21. The lowest BCUT2D eigenvalue weighted by molar-refractivity contribution is -0.116. The molecule has 1 heterocycles. The lowest BCUT2D eigenvalue weighted by Gasteiger charge is -2.10. The van der Waals surface area contributed by atoms with Crippen LogP contribution in [0.1, 0.15) is 18.1 Å². The maximum atomic E-state index is 13.8. The quantitative estimate of drug-likeness (QED) is 0.353. The number of amides is 1. The number of methoxy groups -OCH3 is 1. The van der Waals surface area contributed by atoms with Crippen molar-refractivity contribution in [2.24, 2.45) is 0 Å². The minimum Gasteiger partial charge on any atom is -0.496 e. The number of hydrogen-bond donors (Lipinski definition) is 1. The van der Waals surface area contributed by atoms with Crippen LogP contribution in [0.3, 0.4) is 0 Å². The summed E-state index contributed by atoms with van der Waals surface area (Å²) in [6.45, 7) is 1.44. The van der Waals surface area contributed by atoms with Gasteiger partial charge in [-0.3, -0.25) is 4.79 Å². The molecule has 0 saturated heterocycles. The van der Waals surface area contributed by atoms with E-state index in [9.17, 15) is 18.0 Å². The molecule has 0 fully saturated rings. The Balaban J connectivity index is 1.64. The van der Waals surface area contributed by atoms with Crippen molar-refractivity contribution in [2.45, 2.75) is 13.5 Å². The summed E-state index contributed by atoms with van der Waals surface area (Å²) in [7, 11) is 1.50. The number of halogens is 3. The van der Waals surface area contributed by atoms with Crippen LogP contribution < -0.4 is 10.1 Å². The predicted molar refractivity (Wildman–Crippen MR) is 120 cm³/mol. The highest BCUT2D eigenvalue weighted by Crippen LogP contribution is 2.37. The van der Waals surface area contributed by atoms with Gasteiger partial charge < -0.3 is 14.5 Å². The lowest BCUT2D eigenvalue weighted by atomic mass is 9.99. The number of fused-ring (bicyclic) bond motifs is 1. The SMILES string of the molecule is COc1cc2occ(-c3ccc(F)cc3)c2cc1/C(C)=C/C(=O)NCc1c(F)cccc1F. The van der Waals surface area contributed by atoms with Gasteiger partial charge in [0, 0.05) is 40.8 Å². The molecule has 3 aromatic carbocycles. The van der Waals surface area contributed by atoms with Crippen molar-refractivity contribution < 1.29 is 27.1 Å². The summed E-state index contributed by atoms with van der Waals surface area (Å²) in [4.78, 5) is 12.4. The van der Waals surface area contributed by atoms with E-state index >= 15 is 0 Å². The Bertz CT molecular complexity index is 1340. The summed E-state index contributed by atoms with van der Waals surface area (Å²) in [5.41, 5.74) is 3.12. The number of carbonyl (C=O) groups excluding carboxylic acids is 1. The van der Waals surface area contributed by atoms with Gasteiger partial charge >= 0.3 is 0 Å². The first-order valence-electron chi connectivity index (χ1n) is 10.1. The number of carbonyl (C=O) groups is 1. The second kappa shape index (κ2) is 9.24. The zero-order valence-electron chi connectivity index (χ0n) is 17.9. The highest BCUT2D eigenvalue weighted by atomic mass is 19.1. The molecule has 0 saturated carbocycles. The highest BCUT2D eigenvalue weighted by molar-refractivity contribution is 6.00. The molecule has 4 nitrogen and oxygen atoms in total. The van der Waals surface area contributed by atoms with Gasteiger partial charge in [0.2, 0.25) is 5.91 Å². The van der Waals surface area contributed by atoms with E-state index in [1.165, 1.54) is 31.4 Å². The molecule has 1 aromatic heterocycles. The fourth-order valence-electron chi connectivity index (χ4n) is 3.59. The van der Waals surface area contributed by atoms with Gasteiger partial charge in [0.1, 0.15) is 28.8 Å². The number of allylic oxidation sites excluding steroid dienone is 1. The molecule has 0 aliphatic heterocycles. The van der Waals surface area contributed by atoms with E-state index in [-0.39, 0.29) is 17.9 Å². The molecule has 1 N–H and O–H groups in total. The Morgan fingerprint density at radius 2 is 1.76 bits per heavy atom. The Hall–Kier alpha value is -4.00. The van der Waals surface area contributed by atoms with Gasteiger partial charge in [-0.1, -0.05) is 18.2 Å². The second-order valence-electron chi connectivity index (χ2n) is 7.45. The third-order valence-corrected chi connectivity index (χ3v) is 5.32. The standard InChI is InChI=1S/C26H20F3NO3/c1-15(10-26(31)30-13-20-22(28)4-3-5-23(20)29)18-11-19-21(16-6-8-17(27)9-7-16)14-33-25(19)12-24(18)32-2/h3-12,14H,13H2,1-2H3,(H,30,31)/b15-10+. The average molecular weight is 451 g/mol. The summed E-state index contributed by atoms with van der Waals surface area (Å²) in [6.07, 6.45) is 2.91. The summed E-state index contributed by atoms with van der Waals surface area (Å²) >= 11 is 0. The fraction of sp³-hybridized carbons (Fsp3) is 0.115. The van der Waals surface area contributed by atoms with E-state index in [4.69, 9.17) is 9.15 Å². The molecule has 0 spiro atoms. The van der Waals surface area contributed by atoms with E-state index in [0.717, 1.165) is 28.6 Å². The van der Waals surface area contributed by atoms with Crippen LogP contribution in [0.15, 0.2) is 71.4 Å². The van der Waals surface area contributed by atoms with Crippen LogP contribution in [0, 0.1) is 17.5 Å². The molecule has 33 heavy (non-hydrogen) atoms. The Labute approximate surface area is 188 Å². The van der Waals surface area contributed by atoms with Crippen LogP contribution in [0.2, 0.25) is 0 Å². The van der Waals surface area contributed by atoms with Crippen molar-refractivity contribution in [2.75, 3.05) is 7.11 Å². The summed E-state index contributed by atoms with van der Waals surface area (Å²) in [5, 5.41) is 3.27. The lowest BCUT2D eigenvalue weighted by Crippen LogP contribution is -2.22. The second-order valence-corrected chi connectivity index (χ2v) is 7.45. The number of benzene rings is 3. The Morgan fingerprint density at radius 1 is 1.06 bits per heavy atom. The van der Waals surface area contributed by atoms with E-state index in [1.54, 1.807) is 31.4 Å². The maximum Gasteiger partial charge on any atom is 0.244 e. The van der Waals surface area contributed by atoms with Gasteiger partial charge in [0.05, 0.1) is 13.4 Å². The first-order chi connectivity index (χ1) is 15.9. The van der Waals surface area contributed by atoms with Crippen LogP contribution in [0.25, 0.3) is 27.7 Å². The molecule has 0 unspecified atom stereocenters. The molecular weight excluding hydrogens is 431 g/mol. The van der Waals surface area contributed by atoms with Crippen molar-refractivity contribution in [1.29, 1.82) is 0 Å². The predicted octanol–water partition coefficient (Wildman–Crippen LogP) is 6.25. The summed E-state index contributed by atoms with van der Waals surface area (Å²) < 4.78 is 52.0. The number of hydrogen-bond acceptors (Lipinski definition) is 3. The first kappa shape index (κ1) is 22.2. The molecule has 1 amide bonds. The van der Waals surface area contributed by atoms with Crippen LogP contribution in [-0.2, 0) is 11.3 Å². The smallest absolute Gasteiger partial charge is 0.244 e. The van der Waals surface area contributed by atoms with Crippen LogP contribution in [0.5, 0.6) is 5.75 Å². The van der Waals surface area contributed by atoms with E-state index in [2.05, 4.69) is 5.32 Å². The fourth-order valence-corrected chi connectivity index (χ4v) is 3.59. The number of furan rings is 1. The van der Waals surface area contributed by atoms with Crippen LogP contribution in [-0.4, -0.2) is 13.0 Å². The largest absolute Gasteiger partial charge is 0.496 e. The summed E-state index contributed by atoms with van der Waals surface area (Å²) in [5.74, 6) is -1.81. The molecule has 4 aromatic rings. The van der Waals surface area contributed by atoms with Crippen molar-refractivity contribution in [3.63, 3.8) is 0 Å². The zero-order valence-corrected chi connectivity index (χ0v) is 17.9. The van der Waals surface area contributed by atoms with Gasteiger partial charge in [-0.25, -0.2) is 13.2 Å². The molecule has 0 radical (unpaired) electrons. The minimum absolute atomic E-state index is 0.210. The van der Waals surface area contributed by atoms with Crippen LogP contribution >= 0.6 is 0 Å². The van der Waals surface area contributed by atoms with Gasteiger partial charge in [0.25, 0.3) is 0 Å². The van der Waals surface area contributed by atoms with Gasteiger partial charge in [-0.2, -0.15) is 0 Å². The number of nitrogens with one attached hydrogen (secondary N) is 1. The first-order valence-corrected chi connectivity index (χ1v) is 10.1. The number of ether oxygens (including phenoxy) is 1. The Kier molecular flexibility index (Phi) is 6.22. The molecule has 0 atom stereocenters. The van der Waals surface area contributed by atoms with Crippen LogP contribution in [0.4, 0.5) is 13.2 Å². The van der Waals surface area contributed by atoms with E-state index < -0.39 is 17.5 Å². The monoisotopic (exact) mass is 451 g/mol. The van der Waals surface area contributed by atoms with Gasteiger partial charge in [-0.05, 0) is 48.4 Å². The minimum atomic E-state index is -0.726. The molecular formula is C26H20F3NO3. The number of rotatable bonds is 6. The molecule has 168 valence electrons. The topological polar surface area (TPSA) is 51.5 Å². The van der Waals surface area contributed by atoms with Crippen molar-refractivity contribution in [3.05, 3.63) is 95.5 Å². The normalized spacial score (nSPS) is 11.6. The third-order valence-electron chi connectivity index (χ3n) is 5.32. The van der Waals surface area contributed by atoms with Crippen molar-refractivity contribution in [1.82, 2.24) is 5.32 Å². The van der Waals surface area contributed by atoms with Crippen molar-refractivity contribution >= 4 is 22.4 Å². The van der Waals surface area contributed by atoms with Crippen molar-refractivity contribution in [3.8, 4) is 16.9 Å². The van der Waals surface area contributed by atoms with E-state index in [0.29, 0.717) is 22.5 Å². The maximum absolute atomic E-state index is 13.8. The molecule has 0 bridgehead atoms. The van der Waals surface area contributed by atoms with E-state index in [1.807, 2.05) is 6.07 Å². The molecule has 4 rings (SSSR count). The molecule has 7 heteroatoms. The molecule has 0 aliphatic rings. The molecule has 0 aliphatic carbocycles.